The molecule has 0 radical (unpaired) electrons. The van der Waals surface area contributed by atoms with E-state index in [4.69, 9.17) is 14.5 Å². The van der Waals surface area contributed by atoms with Crippen molar-refractivity contribution in [2.45, 2.75) is 29.4 Å². The molecule has 2 aromatic carbocycles. The summed E-state index contributed by atoms with van der Waals surface area (Å²) in [6.45, 7) is 1.35. The first-order valence-electron chi connectivity index (χ1n) is 10.3. The van der Waals surface area contributed by atoms with Crippen LogP contribution in [0, 0.1) is 0 Å². The van der Waals surface area contributed by atoms with E-state index in [9.17, 15) is 8.42 Å². The average Bonchev–Trinajstić information content (AvgIpc) is 3.28. The van der Waals surface area contributed by atoms with Gasteiger partial charge in [0.1, 0.15) is 11.5 Å². The molecule has 4 rings (SSSR count). The molecule has 0 atom stereocenters. The fourth-order valence-corrected chi connectivity index (χ4v) is 7.57. The Kier molecular flexibility index (Phi) is 7.07. The highest BCUT2D eigenvalue weighted by Gasteiger charge is 2.33. The molecule has 2 heterocycles. The van der Waals surface area contributed by atoms with Gasteiger partial charge in [-0.25, -0.2) is 13.4 Å². The van der Waals surface area contributed by atoms with Crippen molar-refractivity contribution in [2.75, 3.05) is 32.2 Å². The third-order valence-electron chi connectivity index (χ3n) is 5.70. The topological polar surface area (TPSA) is 68.7 Å². The van der Waals surface area contributed by atoms with Crippen LogP contribution in [-0.4, -0.2) is 46.0 Å². The van der Waals surface area contributed by atoms with Gasteiger partial charge in [0, 0.05) is 41.0 Å². The van der Waals surface area contributed by atoms with Crippen LogP contribution in [0.3, 0.4) is 0 Å². The first-order valence-corrected chi connectivity index (χ1v) is 13.5. The Hall–Kier alpha value is -2.10. The van der Waals surface area contributed by atoms with Crippen molar-refractivity contribution in [1.29, 1.82) is 0 Å². The number of thiazole rings is 1. The second-order valence-corrected chi connectivity index (χ2v) is 11.5. The van der Waals surface area contributed by atoms with Crippen LogP contribution >= 0.6 is 27.3 Å². The van der Waals surface area contributed by atoms with Gasteiger partial charge in [-0.2, -0.15) is 0 Å². The van der Waals surface area contributed by atoms with E-state index < -0.39 is 9.84 Å². The Labute approximate surface area is 201 Å². The monoisotopic (exact) mass is 536 g/mol. The molecule has 1 aliphatic rings. The minimum Gasteiger partial charge on any atom is -0.497 e. The molecule has 1 aromatic heterocycles. The van der Waals surface area contributed by atoms with Gasteiger partial charge in [0.25, 0.3) is 0 Å². The molecule has 0 N–H and O–H groups in total. The Bertz CT molecular complexity index is 1190. The molecular formula is C23H25BrN2O4S2. The number of hydrogen-bond donors (Lipinski definition) is 0. The lowest BCUT2D eigenvalue weighted by atomic mass is 10.1. The second-order valence-electron chi connectivity index (χ2n) is 7.64. The van der Waals surface area contributed by atoms with E-state index in [1.54, 1.807) is 43.8 Å². The standard InChI is InChI=1S/C23H25BrN2O4S2/c1-29-18-8-7-16(21(14-18)30-2)13-17-15-31-23(25-17)26-11-9-19(10-12-26)32(27,28)22-6-4-3-5-20(22)24/h3-8,14-15,19H,9-13H2,1-2H3. The lowest BCUT2D eigenvalue weighted by Gasteiger charge is -2.31. The number of benzene rings is 2. The second kappa shape index (κ2) is 9.80. The van der Waals surface area contributed by atoms with Gasteiger partial charge in [-0.05, 0) is 47.0 Å². The molecule has 1 saturated heterocycles. The van der Waals surface area contributed by atoms with E-state index in [1.165, 1.54) is 0 Å². The summed E-state index contributed by atoms with van der Waals surface area (Å²) >= 11 is 4.98. The minimum absolute atomic E-state index is 0.375. The number of aromatic nitrogens is 1. The maximum atomic E-state index is 13.1. The molecule has 0 amide bonds. The van der Waals surface area contributed by atoms with Crippen LogP contribution in [0.25, 0.3) is 0 Å². The summed E-state index contributed by atoms with van der Waals surface area (Å²) < 4.78 is 37.6. The number of sulfone groups is 1. The van der Waals surface area contributed by atoms with Crippen LogP contribution in [0.4, 0.5) is 5.13 Å². The van der Waals surface area contributed by atoms with Crippen molar-refractivity contribution >= 4 is 42.2 Å². The van der Waals surface area contributed by atoms with E-state index >= 15 is 0 Å². The zero-order valence-electron chi connectivity index (χ0n) is 18.0. The van der Waals surface area contributed by atoms with Gasteiger partial charge in [-0.3, -0.25) is 0 Å². The summed E-state index contributed by atoms with van der Waals surface area (Å²) in [5, 5.41) is 2.62. The zero-order valence-corrected chi connectivity index (χ0v) is 21.2. The Morgan fingerprint density at radius 3 is 2.56 bits per heavy atom. The van der Waals surface area contributed by atoms with Gasteiger partial charge in [-0.1, -0.05) is 18.2 Å². The average molecular weight is 538 g/mol. The van der Waals surface area contributed by atoms with Crippen LogP contribution in [0.5, 0.6) is 11.5 Å². The van der Waals surface area contributed by atoms with E-state index in [0.717, 1.165) is 27.9 Å². The summed E-state index contributed by atoms with van der Waals surface area (Å²) in [5.41, 5.74) is 2.01. The van der Waals surface area contributed by atoms with Crippen molar-refractivity contribution in [1.82, 2.24) is 4.98 Å². The fraction of sp³-hybridized carbons (Fsp3) is 0.348. The summed E-state index contributed by atoms with van der Waals surface area (Å²) in [7, 11) is -0.0790. The van der Waals surface area contributed by atoms with Gasteiger partial charge in [0.05, 0.1) is 30.1 Å². The summed E-state index contributed by atoms with van der Waals surface area (Å²) in [5.74, 6) is 1.53. The molecule has 9 heteroatoms. The van der Waals surface area contributed by atoms with Crippen LogP contribution < -0.4 is 14.4 Å². The van der Waals surface area contributed by atoms with Gasteiger partial charge < -0.3 is 14.4 Å². The van der Waals surface area contributed by atoms with Crippen molar-refractivity contribution in [3.63, 3.8) is 0 Å². The smallest absolute Gasteiger partial charge is 0.185 e. The number of hydrogen-bond acceptors (Lipinski definition) is 7. The lowest BCUT2D eigenvalue weighted by Crippen LogP contribution is -2.39. The number of anilines is 1. The summed E-state index contributed by atoms with van der Waals surface area (Å²) in [6, 6.07) is 12.8. The first kappa shape index (κ1) is 23.1. The van der Waals surface area contributed by atoms with Crippen LogP contribution in [0.2, 0.25) is 0 Å². The quantitative estimate of drug-likeness (QED) is 0.425. The van der Waals surface area contributed by atoms with Crippen molar-refractivity contribution in [3.05, 3.63) is 63.6 Å². The zero-order chi connectivity index (χ0) is 22.7. The predicted molar refractivity (Wildman–Crippen MR) is 131 cm³/mol. The first-order chi connectivity index (χ1) is 15.4. The van der Waals surface area contributed by atoms with Crippen molar-refractivity contribution in [2.24, 2.45) is 0 Å². The number of rotatable bonds is 7. The third kappa shape index (κ3) is 4.79. The Morgan fingerprint density at radius 2 is 1.88 bits per heavy atom. The highest BCUT2D eigenvalue weighted by atomic mass is 79.9. The molecule has 0 unspecified atom stereocenters. The molecule has 6 nitrogen and oxygen atoms in total. The highest BCUT2D eigenvalue weighted by molar-refractivity contribution is 9.10. The SMILES string of the molecule is COc1ccc(Cc2csc(N3CCC(S(=O)(=O)c4ccccc4Br)CC3)n2)c(OC)c1. The molecule has 0 aliphatic carbocycles. The largest absolute Gasteiger partial charge is 0.497 e. The molecule has 0 bridgehead atoms. The molecule has 3 aromatic rings. The molecular weight excluding hydrogens is 512 g/mol. The van der Waals surface area contributed by atoms with E-state index in [0.29, 0.717) is 41.7 Å². The van der Waals surface area contributed by atoms with Crippen molar-refractivity contribution in [3.8, 4) is 11.5 Å². The molecule has 0 saturated carbocycles. The molecule has 170 valence electrons. The van der Waals surface area contributed by atoms with Crippen LogP contribution in [0.15, 0.2) is 57.2 Å². The Morgan fingerprint density at radius 1 is 1.12 bits per heavy atom. The molecule has 0 spiro atoms. The maximum absolute atomic E-state index is 13.1. The lowest BCUT2D eigenvalue weighted by molar-refractivity contribution is 0.391. The Balaban J connectivity index is 1.42. The number of nitrogens with zero attached hydrogens (tertiary/aromatic N) is 2. The van der Waals surface area contributed by atoms with E-state index in [2.05, 4.69) is 26.2 Å². The highest BCUT2D eigenvalue weighted by Crippen LogP contribution is 2.33. The normalized spacial score (nSPS) is 15.0. The fourth-order valence-electron chi connectivity index (χ4n) is 3.93. The van der Waals surface area contributed by atoms with Crippen LogP contribution in [0.1, 0.15) is 24.1 Å². The predicted octanol–water partition coefficient (Wildman–Crippen LogP) is 4.96. The van der Waals surface area contributed by atoms with Gasteiger partial charge in [0.15, 0.2) is 15.0 Å². The maximum Gasteiger partial charge on any atom is 0.185 e. The minimum atomic E-state index is -3.36. The molecule has 32 heavy (non-hydrogen) atoms. The molecule has 1 aliphatic heterocycles. The number of piperidine rings is 1. The summed E-state index contributed by atoms with van der Waals surface area (Å²) in [4.78, 5) is 7.37. The van der Waals surface area contributed by atoms with E-state index in [-0.39, 0.29) is 5.25 Å². The van der Waals surface area contributed by atoms with Gasteiger partial charge in [0.2, 0.25) is 0 Å². The van der Waals surface area contributed by atoms with Crippen molar-refractivity contribution < 1.29 is 17.9 Å². The van der Waals surface area contributed by atoms with Gasteiger partial charge >= 0.3 is 0 Å². The summed E-state index contributed by atoms with van der Waals surface area (Å²) in [6.07, 6.45) is 1.84. The number of methoxy groups -OCH3 is 2. The van der Waals surface area contributed by atoms with E-state index in [1.807, 2.05) is 24.3 Å². The molecule has 1 fully saturated rings. The third-order valence-corrected chi connectivity index (χ3v) is 9.92. The number of ether oxygens (including phenoxy) is 2. The van der Waals surface area contributed by atoms with Gasteiger partial charge in [-0.15, -0.1) is 11.3 Å². The van der Waals surface area contributed by atoms with Crippen LogP contribution in [-0.2, 0) is 16.3 Å². The number of halogens is 1.